The molecule has 0 fully saturated rings. The number of aromatic amines is 1. The third kappa shape index (κ3) is 2.64. The number of nitrogens with one attached hydrogen (secondary N) is 1. The number of alkyl halides is 1. The molecule has 0 aliphatic carbocycles. The summed E-state index contributed by atoms with van der Waals surface area (Å²) < 4.78 is 0. The van der Waals surface area contributed by atoms with E-state index in [0.717, 1.165) is 27.7 Å². The summed E-state index contributed by atoms with van der Waals surface area (Å²) in [7, 11) is 0. The Morgan fingerprint density at radius 3 is 2.50 bits per heavy atom. The van der Waals surface area contributed by atoms with Crippen molar-refractivity contribution in [2.45, 2.75) is 5.88 Å². The van der Waals surface area contributed by atoms with Gasteiger partial charge in [0, 0.05) is 33.2 Å². The molecule has 0 saturated carbocycles. The van der Waals surface area contributed by atoms with Crippen LogP contribution in [-0.2, 0) is 5.88 Å². The second-order valence-electron chi connectivity index (χ2n) is 5.31. The van der Waals surface area contributed by atoms with Crippen LogP contribution in [0.25, 0.3) is 33.4 Å². The summed E-state index contributed by atoms with van der Waals surface area (Å²) in [6.07, 6.45) is 1.94. The Balaban J connectivity index is 1.97. The molecule has 1 N–H and O–H groups in total. The normalized spacial score (nSPS) is 11.1. The number of H-pyrrole nitrogens is 1. The first-order valence-corrected chi connectivity index (χ1v) is 8.29. The molecule has 0 spiro atoms. The van der Waals surface area contributed by atoms with Crippen molar-refractivity contribution in [3.63, 3.8) is 0 Å². The molecular formula is C18H12Cl2N4. The summed E-state index contributed by atoms with van der Waals surface area (Å²) in [5.74, 6) is 0.707. The maximum absolute atomic E-state index is 5.99. The highest BCUT2D eigenvalue weighted by atomic mass is 35.5. The minimum Gasteiger partial charge on any atom is -0.360 e. The second-order valence-corrected chi connectivity index (χ2v) is 6.02. The minimum atomic E-state index is 0.212. The molecule has 4 aromatic rings. The predicted octanol–water partition coefficient (Wildman–Crippen LogP) is 5.08. The number of hydrogen-bond acceptors (Lipinski definition) is 3. The fourth-order valence-electron chi connectivity index (χ4n) is 2.67. The lowest BCUT2D eigenvalue weighted by Crippen LogP contribution is -2.01. The summed E-state index contributed by atoms with van der Waals surface area (Å²) in [5.41, 5.74) is 4.36. The van der Waals surface area contributed by atoms with E-state index in [4.69, 9.17) is 23.2 Å². The Bertz CT molecular complexity index is 1010. The zero-order chi connectivity index (χ0) is 16.5. The van der Waals surface area contributed by atoms with Gasteiger partial charge in [-0.3, -0.25) is 0 Å². The van der Waals surface area contributed by atoms with Crippen LogP contribution < -0.4 is 0 Å². The minimum absolute atomic E-state index is 0.212. The predicted molar refractivity (Wildman–Crippen MR) is 97.1 cm³/mol. The van der Waals surface area contributed by atoms with Crippen molar-refractivity contribution in [1.82, 2.24) is 20.2 Å². The molecule has 24 heavy (non-hydrogen) atoms. The summed E-state index contributed by atoms with van der Waals surface area (Å²) in [5, 5.41) is 10.2. The second kappa shape index (κ2) is 6.23. The van der Waals surface area contributed by atoms with Gasteiger partial charge in [-0.1, -0.05) is 41.9 Å². The lowest BCUT2D eigenvalue weighted by molar-refractivity contribution is 0.906. The van der Waals surface area contributed by atoms with Crippen LogP contribution in [-0.4, -0.2) is 20.2 Å². The van der Waals surface area contributed by atoms with Crippen LogP contribution in [0.1, 0.15) is 5.82 Å². The molecule has 6 heteroatoms. The van der Waals surface area contributed by atoms with Gasteiger partial charge >= 0.3 is 0 Å². The van der Waals surface area contributed by atoms with Gasteiger partial charge in [0.2, 0.25) is 0 Å². The Morgan fingerprint density at radius 1 is 0.917 bits per heavy atom. The summed E-state index contributed by atoms with van der Waals surface area (Å²) >= 11 is 11.9. The number of rotatable bonds is 3. The van der Waals surface area contributed by atoms with Crippen LogP contribution in [0, 0.1) is 0 Å². The van der Waals surface area contributed by atoms with Crippen LogP contribution >= 0.6 is 23.2 Å². The van der Waals surface area contributed by atoms with Crippen molar-refractivity contribution in [2.75, 3.05) is 0 Å². The average molecular weight is 355 g/mol. The van der Waals surface area contributed by atoms with E-state index in [1.54, 1.807) is 0 Å². The molecule has 2 aromatic carbocycles. The molecule has 0 saturated heterocycles. The highest BCUT2D eigenvalue weighted by Crippen LogP contribution is 2.33. The molecule has 0 aliphatic heterocycles. The van der Waals surface area contributed by atoms with E-state index in [9.17, 15) is 0 Å². The van der Waals surface area contributed by atoms with Gasteiger partial charge in [-0.05, 0) is 18.2 Å². The molecule has 2 heterocycles. The maximum Gasteiger partial charge on any atom is 0.166 e. The summed E-state index contributed by atoms with van der Waals surface area (Å²) in [6, 6.07) is 15.5. The van der Waals surface area contributed by atoms with E-state index < -0.39 is 0 Å². The van der Waals surface area contributed by atoms with Crippen LogP contribution in [0.3, 0.4) is 0 Å². The molecule has 0 radical (unpaired) electrons. The van der Waals surface area contributed by atoms with E-state index >= 15 is 0 Å². The molecule has 0 bridgehead atoms. The van der Waals surface area contributed by atoms with Gasteiger partial charge in [-0.2, -0.15) is 0 Å². The summed E-state index contributed by atoms with van der Waals surface area (Å²) in [4.78, 5) is 7.89. The van der Waals surface area contributed by atoms with E-state index in [1.807, 2.05) is 48.7 Å². The first-order chi connectivity index (χ1) is 11.8. The van der Waals surface area contributed by atoms with Gasteiger partial charge in [0.15, 0.2) is 5.82 Å². The van der Waals surface area contributed by atoms with E-state index in [2.05, 4.69) is 26.2 Å². The van der Waals surface area contributed by atoms with E-state index in [0.29, 0.717) is 16.5 Å². The van der Waals surface area contributed by atoms with Crippen LogP contribution in [0.4, 0.5) is 0 Å². The van der Waals surface area contributed by atoms with Gasteiger partial charge in [-0.15, -0.1) is 21.8 Å². The van der Waals surface area contributed by atoms with Gasteiger partial charge in [0.1, 0.15) is 11.4 Å². The number of para-hydroxylation sites is 1. The van der Waals surface area contributed by atoms with Gasteiger partial charge < -0.3 is 4.98 Å². The largest absolute Gasteiger partial charge is 0.360 e. The van der Waals surface area contributed by atoms with Crippen LogP contribution in [0.2, 0.25) is 5.02 Å². The molecule has 4 nitrogen and oxygen atoms in total. The number of fused-ring (bicyclic) bond motifs is 1. The van der Waals surface area contributed by atoms with Crippen molar-refractivity contribution in [3.05, 3.63) is 65.6 Å². The van der Waals surface area contributed by atoms with Gasteiger partial charge in [-0.25, -0.2) is 4.98 Å². The fourth-order valence-corrected chi connectivity index (χ4v) is 2.91. The number of benzene rings is 2. The first-order valence-electron chi connectivity index (χ1n) is 7.38. The Kier molecular flexibility index (Phi) is 3.92. The van der Waals surface area contributed by atoms with Crippen molar-refractivity contribution in [1.29, 1.82) is 0 Å². The Morgan fingerprint density at radius 2 is 1.71 bits per heavy atom. The molecule has 0 unspecified atom stereocenters. The fraction of sp³-hybridized carbons (Fsp3) is 0.0556. The molecular weight excluding hydrogens is 343 g/mol. The lowest BCUT2D eigenvalue weighted by Gasteiger charge is -2.08. The van der Waals surface area contributed by atoms with Crippen molar-refractivity contribution < 1.29 is 0 Å². The van der Waals surface area contributed by atoms with Crippen molar-refractivity contribution >= 4 is 34.1 Å². The molecule has 0 atom stereocenters. The quantitative estimate of drug-likeness (QED) is 0.522. The number of nitrogens with zero attached hydrogens (tertiary/aromatic N) is 3. The van der Waals surface area contributed by atoms with Crippen molar-refractivity contribution in [2.24, 2.45) is 0 Å². The van der Waals surface area contributed by atoms with Gasteiger partial charge in [0.05, 0.1) is 5.88 Å². The average Bonchev–Trinajstić information content (AvgIpc) is 3.06. The molecule has 2 aromatic heterocycles. The van der Waals surface area contributed by atoms with Crippen LogP contribution in [0.15, 0.2) is 54.7 Å². The standard InChI is InChI=1S/C18H12Cl2N4/c19-9-16-22-18(14-10-21-15-4-2-1-3-13(14)15)17(24-23-16)11-5-7-12(20)8-6-11/h1-8,10,21H,9H2. The van der Waals surface area contributed by atoms with Gasteiger partial charge in [0.25, 0.3) is 0 Å². The van der Waals surface area contributed by atoms with E-state index in [1.165, 1.54) is 0 Å². The third-order valence-electron chi connectivity index (χ3n) is 3.81. The smallest absolute Gasteiger partial charge is 0.166 e. The zero-order valence-corrected chi connectivity index (χ0v) is 14.0. The number of halogens is 2. The Labute approximate surface area is 148 Å². The molecule has 4 rings (SSSR count). The summed E-state index contributed by atoms with van der Waals surface area (Å²) in [6.45, 7) is 0. The van der Waals surface area contributed by atoms with E-state index in [-0.39, 0.29) is 5.88 Å². The number of hydrogen-bond donors (Lipinski definition) is 1. The SMILES string of the molecule is ClCc1nnc(-c2ccc(Cl)cc2)c(-c2c[nH]c3ccccc23)n1. The molecule has 0 aliphatic rings. The third-order valence-corrected chi connectivity index (χ3v) is 4.30. The maximum atomic E-state index is 5.99. The lowest BCUT2D eigenvalue weighted by atomic mass is 10.0. The zero-order valence-electron chi connectivity index (χ0n) is 12.5. The van der Waals surface area contributed by atoms with Crippen LogP contribution in [0.5, 0.6) is 0 Å². The monoisotopic (exact) mass is 354 g/mol. The highest BCUT2D eigenvalue weighted by molar-refractivity contribution is 6.30. The number of aromatic nitrogens is 4. The molecule has 118 valence electrons. The topological polar surface area (TPSA) is 54.5 Å². The molecule has 0 amide bonds. The van der Waals surface area contributed by atoms with Crippen molar-refractivity contribution in [3.8, 4) is 22.5 Å². The first kappa shape index (κ1) is 15.1. The Hall–Kier alpha value is -2.43. The highest BCUT2D eigenvalue weighted by Gasteiger charge is 2.16.